The molecule has 88 valence electrons. The predicted octanol–water partition coefficient (Wildman–Crippen LogP) is 3.60. The summed E-state index contributed by atoms with van der Waals surface area (Å²) < 4.78 is 2.11. The van der Waals surface area contributed by atoms with E-state index in [1.165, 1.54) is 0 Å². The van der Waals surface area contributed by atoms with Crippen molar-refractivity contribution < 1.29 is 0 Å². The average Bonchev–Trinajstić information content (AvgIpc) is 2.74. The van der Waals surface area contributed by atoms with Gasteiger partial charge in [-0.2, -0.15) is 0 Å². The van der Waals surface area contributed by atoms with Crippen molar-refractivity contribution in [1.29, 1.82) is 0 Å². The topological polar surface area (TPSA) is 30.7 Å². The monoisotopic (exact) mass is 219 g/mol. The van der Waals surface area contributed by atoms with Gasteiger partial charge >= 0.3 is 0 Å². The summed E-state index contributed by atoms with van der Waals surface area (Å²) in [6.07, 6.45) is 2.83. The van der Waals surface area contributed by atoms with Gasteiger partial charge in [0.15, 0.2) is 5.65 Å². The van der Waals surface area contributed by atoms with Crippen LogP contribution in [0.5, 0.6) is 0 Å². The highest BCUT2D eigenvalue weighted by Gasteiger charge is 2.06. The molecule has 0 atom stereocenters. The van der Waals surface area contributed by atoms with E-state index in [9.17, 15) is 0 Å². The van der Waals surface area contributed by atoms with E-state index in [-0.39, 0.29) is 0 Å². The number of hydrogen-bond donors (Lipinski definition) is 0. The molecule has 2 rings (SSSR count). The maximum absolute atomic E-state index is 4.58. The van der Waals surface area contributed by atoms with Crippen LogP contribution in [0.2, 0.25) is 0 Å². The normalized spacial score (nSPS) is 10.4. The van der Waals surface area contributed by atoms with Crippen LogP contribution in [0.3, 0.4) is 0 Å². The van der Waals surface area contributed by atoms with Gasteiger partial charge in [0.25, 0.3) is 0 Å². The van der Waals surface area contributed by atoms with E-state index in [1.54, 1.807) is 0 Å². The second kappa shape index (κ2) is 5.64. The Balaban J connectivity index is 0.000000606. The van der Waals surface area contributed by atoms with E-state index in [2.05, 4.69) is 35.3 Å². The molecule has 16 heavy (non-hydrogen) atoms. The van der Waals surface area contributed by atoms with E-state index in [1.807, 2.05) is 32.3 Å². The molecule has 0 unspecified atom stereocenters. The van der Waals surface area contributed by atoms with E-state index >= 15 is 0 Å². The first-order valence-electron chi connectivity index (χ1n) is 6.05. The van der Waals surface area contributed by atoms with Crippen molar-refractivity contribution in [3.05, 3.63) is 24.2 Å². The van der Waals surface area contributed by atoms with Crippen LogP contribution >= 0.6 is 0 Å². The van der Waals surface area contributed by atoms with Crippen LogP contribution in [0.25, 0.3) is 11.2 Å². The van der Waals surface area contributed by atoms with Gasteiger partial charge in [-0.25, -0.2) is 9.97 Å². The van der Waals surface area contributed by atoms with E-state index < -0.39 is 0 Å². The Morgan fingerprint density at radius 3 is 2.50 bits per heavy atom. The Hall–Kier alpha value is -1.38. The van der Waals surface area contributed by atoms with Gasteiger partial charge in [0.05, 0.1) is 6.33 Å². The molecule has 0 saturated carbocycles. The minimum Gasteiger partial charge on any atom is -0.313 e. The summed E-state index contributed by atoms with van der Waals surface area (Å²) in [6, 6.07) is 4.50. The van der Waals surface area contributed by atoms with Crippen molar-refractivity contribution in [3.63, 3.8) is 0 Å². The van der Waals surface area contributed by atoms with Crippen LogP contribution < -0.4 is 0 Å². The quantitative estimate of drug-likeness (QED) is 0.772. The summed E-state index contributed by atoms with van der Waals surface area (Å²) in [7, 11) is 0. The lowest BCUT2D eigenvalue weighted by Crippen LogP contribution is -2.00. The fourth-order valence-electron chi connectivity index (χ4n) is 1.52. The Morgan fingerprint density at radius 2 is 1.94 bits per heavy atom. The zero-order valence-electron chi connectivity index (χ0n) is 10.9. The molecule has 2 aromatic rings. The van der Waals surface area contributed by atoms with Crippen molar-refractivity contribution in [2.24, 2.45) is 0 Å². The first-order chi connectivity index (χ1) is 7.72. The maximum atomic E-state index is 4.58. The maximum Gasteiger partial charge on any atom is 0.160 e. The molecule has 0 saturated heterocycles. The average molecular weight is 219 g/mol. The number of imidazole rings is 1. The van der Waals surface area contributed by atoms with Crippen LogP contribution in [0.4, 0.5) is 0 Å². The standard InChI is InChI=1S/C11H15N3.C2H6/c1-4-9-5-6-10-11(13-9)14(7-12-10)8(2)3;1-2/h5-8H,4H2,1-3H3;1-2H3. The van der Waals surface area contributed by atoms with Gasteiger partial charge in [-0.15, -0.1) is 0 Å². The lowest BCUT2D eigenvalue weighted by Gasteiger charge is -2.07. The third kappa shape index (κ3) is 2.40. The first kappa shape index (κ1) is 12.7. The van der Waals surface area contributed by atoms with Crippen molar-refractivity contribution in [1.82, 2.24) is 14.5 Å². The lowest BCUT2D eigenvalue weighted by atomic mass is 10.3. The van der Waals surface area contributed by atoms with Crippen molar-refractivity contribution in [3.8, 4) is 0 Å². The van der Waals surface area contributed by atoms with Crippen molar-refractivity contribution in [2.45, 2.75) is 47.1 Å². The first-order valence-corrected chi connectivity index (χ1v) is 6.05. The molecule has 0 radical (unpaired) electrons. The summed E-state index contributed by atoms with van der Waals surface area (Å²) in [5.41, 5.74) is 3.11. The van der Waals surface area contributed by atoms with E-state index in [4.69, 9.17) is 0 Å². The van der Waals surface area contributed by atoms with Crippen molar-refractivity contribution in [2.75, 3.05) is 0 Å². The van der Waals surface area contributed by atoms with Gasteiger partial charge in [-0.3, -0.25) is 0 Å². The van der Waals surface area contributed by atoms with Gasteiger partial charge in [0.2, 0.25) is 0 Å². The third-order valence-electron chi connectivity index (χ3n) is 2.40. The SMILES string of the molecule is CC.CCc1ccc2ncn(C(C)C)c2n1. The zero-order valence-corrected chi connectivity index (χ0v) is 10.9. The molecule has 2 heterocycles. The molecule has 0 N–H and O–H groups in total. The van der Waals surface area contributed by atoms with Crippen LogP contribution in [-0.2, 0) is 6.42 Å². The number of rotatable bonds is 2. The fraction of sp³-hybridized carbons (Fsp3) is 0.538. The molecule has 0 spiro atoms. The Morgan fingerprint density at radius 1 is 1.25 bits per heavy atom. The molecule has 2 aromatic heterocycles. The lowest BCUT2D eigenvalue weighted by molar-refractivity contribution is 0.612. The molecular formula is C13H21N3. The zero-order chi connectivity index (χ0) is 12.1. The Kier molecular flexibility index (Phi) is 4.47. The van der Waals surface area contributed by atoms with E-state index in [0.29, 0.717) is 6.04 Å². The second-order valence-corrected chi connectivity index (χ2v) is 3.74. The molecule has 0 aliphatic carbocycles. The van der Waals surface area contributed by atoms with E-state index in [0.717, 1.165) is 23.3 Å². The predicted molar refractivity (Wildman–Crippen MR) is 68.6 cm³/mol. The fourth-order valence-corrected chi connectivity index (χ4v) is 1.52. The van der Waals surface area contributed by atoms with Crippen LogP contribution in [0.15, 0.2) is 18.5 Å². The largest absolute Gasteiger partial charge is 0.313 e. The van der Waals surface area contributed by atoms with Crippen LogP contribution in [0, 0.1) is 0 Å². The highest BCUT2D eigenvalue weighted by molar-refractivity contribution is 5.70. The Labute approximate surface area is 97.5 Å². The molecule has 0 aromatic carbocycles. The second-order valence-electron chi connectivity index (χ2n) is 3.74. The third-order valence-corrected chi connectivity index (χ3v) is 2.40. The highest BCUT2D eigenvalue weighted by Crippen LogP contribution is 2.15. The van der Waals surface area contributed by atoms with Gasteiger partial charge < -0.3 is 4.57 Å². The number of aryl methyl sites for hydroxylation is 1. The number of nitrogens with zero attached hydrogens (tertiary/aromatic N) is 3. The Bertz CT molecular complexity index is 443. The van der Waals surface area contributed by atoms with Gasteiger partial charge in [-0.1, -0.05) is 20.8 Å². The molecule has 0 aliphatic heterocycles. The molecular weight excluding hydrogens is 198 g/mol. The van der Waals surface area contributed by atoms with Gasteiger partial charge in [0.1, 0.15) is 5.52 Å². The number of fused-ring (bicyclic) bond motifs is 1. The van der Waals surface area contributed by atoms with Gasteiger partial charge in [-0.05, 0) is 32.4 Å². The molecule has 0 amide bonds. The summed E-state index contributed by atoms with van der Waals surface area (Å²) in [5, 5.41) is 0. The molecule has 3 nitrogen and oxygen atoms in total. The summed E-state index contributed by atoms with van der Waals surface area (Å²) in [4.78, 5) is 8.89. The highest BCUT2D eigenvalue weighted by atomic mass is 15.1. The van der Waals surface area contributed by atoms with Gasteiger partial charge in [0, 0.05) is 11.7 Å². The van der Waals surface area contributed by atoms with Crippen LogP contribution in [0.1, 0.15) is 46.4 Å². The summed E-state index contributed by atoms with van der Waals surface area (Å²) in [6.45, 7) is 10.4. The molecule has 0 fully saturated rings. The van der Waals surface area contributed by atoms with Crippen LogP contribution in [-0.4, -0.2) is 14.5 Å². The minimum atomic E-state index is 0.416. The number of hydrogen-bond acceptors (Lipinski definition) is 2. The molecule has 3 heteroatoms. The summed E-state index contributed by atoms with van der Waals surface area (Å²) in [5.74, 6) is 0. The number of aromatic nitrogens is 3. The minimum absolute atomic E-state index is 0.416. The molecule has 0 bridgehead atoms. The van der Waals surface area contributed by atoms with Crippen molar-refractivity contribution >= 4 is 11.2 Å². The smallest absolute Gasteiger partial charge is 0.160 e. The number of pyridine rings is 1. The molecule has 0 aliphatic rings. The summed E-state index contributed by atoms with van der Waals surface area (Å²) >= 11 is 0.